The van der Waals surface area contributed by atoms with E-state index in [9.17, 15) is 18.8 Å². The van der Waals surface area contributed by atoms with Crippen molar-refractivity contribution < 1.29 is 18.8 Å². The Morgan fingerprint density at radius 2 is 1.85 bits per heavy atom. The van der Waals surface area contributed by atoms with Crippen molar-refractivity contribution in [2.24, 2.45) is 0 Å². The fourth-order valence-corrected chi connectivity index (χ4v) is 4.41. The second-order valence-corrected chi connectivity index (χ2v) is 9.18. The highest BCUT2D eigenvalue weighted by Crippen LogP contribution is 2.26. The number of likely N-dealkylation sites (N-methyl/N-ethyl adjacent to an activating group) is 1. The molecule has 2 aromatic rings. The van der Waals surface area contributed by atoms with Gasteiger partial charge in [-0.25, -0.2) is 4.39 Å². The molecule has 1 aromatic heterocycles. The normalized spacial score (nSPS) is 20.3. The SMILES string of the molecule is CN1C(=O)c2cc(C(=O)NCCCN3CCCC3)nn2C[C@]1(C)C(=O)NCc1ccc(F)cc1. The van der Waals surface area contributed by atoms with Crippen LogP contribution in [0.4, 0.5) is 4.39 Å². The number of nitrogens with zero attached hydrogens (tertiary/aromatic N) is 4. The zero-order chi connectivity index (χ0) is 24.3. The van der Waals surface area contributed by atoms with Gasteiger partial charge in [-0.15, -0.1) is 0 Å². The second kappa shape index (κ2) is 9.92. The molecule has 0 spiro atoms. The summed E-state index contributed by atoms with van der Waals surface area (Å²) >= 11 is 0. The number of hydrogen-bond acceptors (Lipinski definition) is 5. The van der Waals surface area contributed by atoms with E-state index in [1.54, 1.807) is 26.1 Å². The van der Waals surface area contributed by atoms with Crippen molar-refractivity contribution in [3.63, 3.8) is 0 Å². The third-order valence-electron chi connectivity index (χ3n) is 6.73. The molecule has 4 rings (SSSR count). The number of hydrogen-bond donors (Lipinski definition) is 2. The first-order chi connectivity index (χ1) is 16.3. The predicted octanol–water partition coefficient (Wildman–Crippen LogP) is 1.40. The third-order valence-corrected chi connectivity index (χ3v) is 6.73. The Balaban J connectivity index is 1.37. The highest BCUT2D eigenvalue weighted by atomic mass is 19.1. The highest BCUT2D eigenvalue weighted by Gasteiger charge is 2.46. The summed E-state index contributed by atoms with van der Waals surface area (Å²) in [5.41, 5.74) is -0.0198. The number of halogens is 1. The summed E-state index contributed by atoms with van der Waals surface area (Å²) in [6, 6.07) is 7.32. The zero-order valence-electron chi connectivity index (χ0n) is 19.6. The lowest BCUT2D eigenvalue weighted by Gasteiger charge is -2.40. The summed E-state index contributed by atoms with van der Waals surface area (Å²) < 4.78 is 14.5. The molecule has 0 saturated carbocycles. The number of aromatic nitrogens is 2. The van der Waals surface area contributed by atoms with Crippen LogP contribution in [0, 0.1) is 5.82 Å². The summed E-state index contributed by atoms with van der Waals surface area (Å²) in [7, 11) is 1.56. The maximum Gasteiger partial charge on any atom is 0.272 e. The minimum Gasteiger partial charge on any atom is -0.351 e. The van der Waals surface area contributed by atoms with Gasteiger partial charge in [-0.3, -0.25) is 19.1 Å². The minimum atomic E-state index is -1.19. The van der Waals surface area contributed by atoms with Gasteiger partial charge in [0.2, 0.25) is 5.91 Å². The molecule has 0 aliphatic carbocycles. The lowest BCUT2D eigenvalue weighted by atomic mass is 9.96. The summed E-state index contributed by atoms with van der Waals surface area (Å²) in [5, 5.41) is 10.0. The van der Waals surface area contributed by atoms with E-state index >= 15 is 0 Å². The molecular weight excluding hydrogens is 439 g/mol. The standard InChI is InChI=1S/C24H31FN6O3/c1-24(23(34)27-15-17-6-8-18(25)9-7-17)16-31-20(22(33)29(24)2)14-19(28-31)21(32)26-10-5-13-30-11-3-4-12-30/h6-9,14H,3-5,10-13,15-16H2,1-2H3,(H,26,32)(H,27,34)/t24-/m1/s1. The van der Waals surface area contributed by atoms with Crippen LogP contribution in [-0.2, 0) is 17.9 Å². The van der Waals surface area contributed by atoms with Gasteiger partial charge in [0.05, 0.1) is 6.54 Å². The van der Waals surface area contributed by atoms with Gasteiger partial charge in [-0.05, 0) is 63.5 Å². The first kappa shape index (κ1) is 23.9. The van der Waals surface area contributed by atoms with Crippen LogP contribution in [0.2, 0.25) is 0 Å². The van der Waals surface area contributed by atoms with Crippen molar-refractivity contribution in [2.45, 2.75) is 44.8 Å². The molecule has 182 valence electrons. The number of benzene rings is 1. The van der Waals surface area contributed by atoms with E-state index < -0.39 is 5.54 Å². The van der Waals surface area contributed by atoms with E-state index in [0.717, 1.165) is 31.6 Å². The fourth-order valence-electron chi connectivity index (χ4n) is 4.41. The maximum atomic E-state index is 13.1. The highest BCUT2D eigenvalue weighted by molar-refractivity contribution is 6.01. The van der Waals surface area contributed by atoms with Crippen molar-refractivity contribution in [3.05, 3.63) is 53.1 Å². The van der Waals surface area contributed by atoms with Gasteiger partial charge in [0.1, 0.15) is 17.1 Å². The molecule has 1 fully saturated rings. The molecule has 2 N–H and O–H groups in total. The van der Waals surface area contributed by atoms with Crippen LogP contribution in [0.25, 0.3) is 0 Å². The summed E-state index contributed by atoms with van der Waals surface area (Å²) in [5.74, 6) is -1.42. The first-order valence-corrected chi connectivity index (χ1v) is 11.7. The summed E-state index contributed by atoms with van der Waals surface area (Å²) in [4.78, 5) is 42.4. The Hall–Kier alpha value is -3.27. The molecule has 10 heteroatoms. The molecular formula is C24H31FN6O3. The van der Waals surface area contributed by atoms with Gasteiger partial charge in [-0.1, -0.05) is 12.1 Å². The molecule has 0 unspecified atom stereocenters. The average Bonchev–Trinajstić information content (AvgIpc) is 3.50. The van der Waals surface area contributed by atoms with Gasteiger partial charge >= 0.3 is 0 Å². The molecule has 3 amide bonds. The molecule has 0 bridgehead atoms. The molecule has 1 saturated heterocycles. The average molecular weight is 471 g/mol. The van der Waals surface area contributed by atoms with Gasteiger partial charge in [0, 0.05) is 26.2 Å². The molecule has 9 nitrogen and oxygen atoms in total. The van der Waals surface area contributed by atoms with Crippen LogP contribution in [0.15, 0.2) is 30.3 Å². The van der Waals surface area contributed by atoms with Crippen LogP contribution >= 0.6 is 0 Å². The van der Waals surface area contributed by atoms with E-state index in [2.05, 4.69) is 20.6 Å². The van der Waals surface area contributed by atoms with E-state index in [1.807, 2.05) is 0 Å². The van der Waals surface area contributed by atoms with Crippen molar-refractivity contribution in [1.82, 2.24) is 30.2 Å². The van der Waals surface area contributed by atoms with Gasteiger partial charge in [0.15, 0.2) is 5.69 Å². The Bertz CT molecular complexity index is 1060. The topological polar surface area (TPSA) is 99.6 Å². The van der Waals surface area contributed by atoms with Crippen LogP contribution in [0.5, 0.6) is 0 Å². The molecule has 3 heterocycles. The van der Waals surface area contributed by atoms with Crippen molar-refractivity contribution in [1.29, 1.82) is 0 Å². The number of nitrogens with one attached hydrogen (secondary N) is 2. The Morgan fingerprint density at radius 3 is 2.56 bits per heavy atom. The lowest BCUT2D eigenvalue weighted by molar-refractivity contribution is -0.132. The second-order valence-electron chi connectivity index (χ2n) is 9.18. The number of likely N-dealkylation sites (tertiary alicyclic amines) is 1. The van der Waals surface area contributed by atoms with E-state index in [4.69, 9.17) is 0 Å². The van der Waals surface area contributed by atoms with Crippen LogP contribution in [0.3, 0.4) is 0 Å². The minimum absolute atomic E-state index is 0.113. The number of carbonyl (C=O) groups is 3. The molecule has 34 heavy (non-hydrogen) atoms. The largest absolute Gasteiger partial charge is 0.351 e. The lowest BCUT2D eigenvalue weighted by Crippen LogP contribution is -2.62. The summed E-state index contributed by atoms with van der Waals surface area (Å²) in [6.45, 7) is 5.70. The van der Waals surface area contributed by atoms with Crippen LogP contribution < -0.4 is 10.6 Å². The molecule has 0 radical (unpaired) electrons. The smallest absolute Gasteiger partial charge is 0.272 e. The van der Waals surface area contributed by atoms with Crippen molar-refractivity contribution in [2.75, 3.05) is 33.2 Å². The van der Waals surface area contributed by atoms with Gasteiger partial charge in [0.25, 0.3) is 11.8 Å². The molecule has 2 aliphatic heterocycles. The zero-order valence-corrected chi connectivity index (χ0v) is 19.6. The van der Waals surface area contributed by atoms with Crippen molar-refractivity contribution in [3.8, 4) is 0 Å². The van der Waals surface area contributed by atoms with E-state index in [0.29, 0.717) is 6.54 Å². The van der Waals surface area contributed by atoms with E-state index in [-0.39, 0.29) is 48.0 Å². The summed E-state index contributed by atoms with van der Waals surface area (Å²) in [6.07, 6.45) is 3.32. The Labute approximate surface area is 198 Å². The number of rotatable bonds is 8. The van der Waals surface area contributed by atoms with Gasteiger partial charge in [-0.2, -0.15) is 5.10 Å². The Morgan fingerprint density at radius 1 is 1.15 bits per heavy atom. The Kier molecular flexibility index (Phi) is 6.97. The van der Waals surface area contributed by atoms with Crippen LogP contribution in [0.1, 0.15) is 52.7 Å². The quantitative estimate of drug-likeness (QED) is 0.568. The fraction of sp³-hybridized carbons (Fsp3) is 0.500. The number of fused-ring (bicyclic) bond motifs is 1. The third kappa shape index (κ3) is 4.96. The molecule has 1 atom stereocenters. The van der Waals surface area contributed by atoms with Crippen molar-refractivity contribution >= 4 is 17.7 Å². The van der Waals surface area contributed by atoms with Gasteiger partial charge < -0.3 is 20.4 Å². The molecule has 2 aliphatic rings. The number of amides is 3. The van der Waals surface area contributed by atoms with Crippen LogP contribution in [-0.4, -0.2) is 76.1 Å². The van der Waals surface area contributed by atoms with E-state index in [1.165, 1.54) is 40.6 Å². The predicted molar refractivity (Wildman–Crippen MR) is 124 cm³/mol. The first-order valence-electron chi connectivity index (χ1n) is 11.7. The molecule has 1 aromatic carbocycles. The maximum absolute atomic E-state index is 13.1. The number of carbonyl (C=O) groups excluding carboxylic acids is 3. The monoisotopic (exact) mass is 470 g/mol.